The van der Waals surface area contributed by atoms with Crippen molar-refractivity contribution in [1.29, 1.82) is 0 Å². The molecule has 0 saturated heterocycles. The van der Waals surface area contributed by atoms with E-state index in [-0.39, 0.29) is 5.92 Å². The van der Waals surface area contributed by atoms with E-state index in [1.807, 2.05) is 13.8 Å². The molecule has 0 nitrogen and oxygen atoms in total. The molecule has 0 aliphatic rings. The van der Waals surface area contributed by atoms with E-state index < -0.39 is 6.17 Å². The summed E-state index contributed by atoms with van der Waals surface area (Å²) in [6.45, 7) is 6.13. The molecule has 0 aromatic rings. The maximum atomic E-state index is 13.0. The van der Waals surface area contributed by atoms with Gasteiger partial charge in [0.2, 0.25) is 0 Å². The average molecular weight is 146 g/mol. The molecule has 0 fully saturated rings. The Morgan fingerprint density at radius 3 is 2.30 bits per heavy atom. The topological polar surface area (TPSA) is 0 Å². The van der Waals surface area contributed by atoms with Crippen LogP contribution in [0.3, 0.4) is 0 Å². The minimum atomic E-state index is -0.565. The lowest BCUT2D eigenvalue weighted by Crippen LogP contribution is -2.10. The molecule has 2 unspecified atom stereocenters. The molecule has 0 radical (unpaired) electrons. The Hall–Kier alpha value is -0.0700. The second-order valence-electron chi connectivity index (χ2n) is 3.04. The van der Waals surface area contributed by atoms with Gasteiger partial charge in [0.05, 0.1) is 0 Å². The normalized spacial score (nSPS) is 16.8. The third kappa shape index (κ3) is 3.86. The molecule has 0 heterocycles. The Morgan fingerprint density at radius 1 is 1.30 bits per heavy atom. The first-order valence-corrected chi connectivity index (χ1v) is 4.36. The summed E-state index contributed by atoms with van der Waals surface area (Å²) in [5, 5.41) is 0. The lowest BCUT2D eigenvalue weighted by Gasteiger charge is -2.13. The van der Waals surface area contributed by atoms with Crippen molar-refractivity contribution in [2.45, 2.75) is 52.6 Å². The Bertz CT molecular complexity index is 71.1. The predicted molar refractivity (Wildman–Crippen MR) is 43.9 cm³/mol. The van der Waals surface area contributed by atoms with Gasteiger partial charge in [0, 0.05) is 0 Å². The van der Waals surface area contributed by atoms with E-state index in [2.05, 4.69) is 6.92 Å². The van der Waals surface area contributed by atoms with Crippen LogP contribution in [-0.2, 0) is 0 Å². The fourth-order valence-corrected chi connectivity index (χ4v) is 0.939. The third-order valence-electron chi connectivity index (χ3n) is 2.09. The quantitative estimate of drug-likeness (QED) is 0.556. The van der Waals surface area contributed by atoms with Gasteiger partial charge in [0.15, 0.2) is 0 Å². The molecule has 0 rings (SSSR count). The molecule has 0 aliphatic heterocycles. The Kier molecular flexibility index (Phi) is 5.66. The fourth-order valence-electron chi connectivity index (χ4n) is 0.939. The van der Waals surface area contributed by atoms with Crippen molar-refractivity contribution >= 4 is 0 Å². The highest BCUT2D eigenvalue weighted by Crippen LogP contribution is 2.16. The van der Waals surface area contributed by atoms with Crippen molar-refractivity contribution in [1.82, 2.24) is 0 Å². The number of hydrogen-bond donors (Lipinski definition) is 0. The fraction of sp³-hybridized carbons (Fsp3) is 1.00. The first-order valence-electron chi connectivity index (χ1n) is 4.36. The van der Waals surface area contributed by atoms with E-state index in [0.717, 1.165) is 25.7 Å². The molecule has 0 bridgehead atoms. The molecule has 0 N–H and O–H groups in total. The van der Waals surface area contributed by atoms with Gasteiger partial charge in [-0.3, -0.25) is 0 Å². The Labute approximate surface area is 63.8 Å². The molecule has 62 valence electrons. The highest BCUT2D eigenvalue weighted by molar-refractivity contribution is 4.62. The van der Waals surface area contributed by atoms with E-state index in [9.17, 15) is 4.39 Å². The summed E-state index contributed by atoms with van der Waals surface area (Å²) >= 11 is 0. The van der Waals surface area contributed by atoms with Crippen LogP contribution in [0.4, 0.5) is 4.39 Å². The van der Waals surface area contributed by atoms with Crippen LogP contribution in [0.15, 0.2) is 0 Å². The van der Waals surface area contributed by atoms with Gasteiger partial charge in [-0.05, 0) is 12.3 Å². The van der Waals surface area contributed by atoms with Crippen molar-refractivity contribution < 1.29 is 4.39 Å². The minimum Gasteiger partial charge on any atom is -0.247 e. The van der Waals surface area contributed by atoms with E-state index in [1.165, 1.54) is 0 Å². The number of hydrogen-bond acceptors (Lipinski definition) is 0. The van der Waals surface area contributed by atoms with Gasteiger partial charge in [-0.25, -0.2) is 4.39 Å². The van der Waals surface area contributed by atoms with Crippen LogP contribution in [0, 0.1) is 5.92 Å². The molecule has 0 aliphatic carbocycles. The van der Waals surface area contributed by atoms with E-state index in [4.69, 9.17) is 0 Å². The molecule has 0 aromatic carbocycles. The zero-order valence-corrected chi connectivity index (χ0v) is 7.36. The lowest BCUT2D eigenvalue weighted by molar-refractivity contribution is 0.218. The zero-order chi connectivity index (χ0) is 7.98. The summed E-state index contributed by atoms with van der Waals surface area (Å²) in [5.41, 5.74) is 0. The smallest absolute Gasteiger partial charge is 0.103 e. The Balaban J connectivity index is 3.31. The number of halogens is 1. The van der Waals surface area contributed by atoms with E-state index in [1.54, 1.807) is 0 Å². The highest BCUT2D eigenvalue weighted by atomic mass is 19.1. The third-order valence-corrected chi connectivity index (χ3v) is 2.09. The molecule has 10 heavy (non-hydrogen) atoms. The molecule has 0 amide bonds. The molecule has 0 saturated carbocycles. The lowest BCUT2D eigenvalue weighted by atomic mass is 9.99. The minimum absolute atomic E-state index is 0.256. The molecule has 0 spiro atoms. The van der Waals surface area contributed by atoms with Crippen molar-refractivity contribution in [2.75, 3.05) is 0 Å². The van der Waals surface area contributed by atoms with Crippen molar-refractivity contribution in [3.05, 3.63) is 0 Å². The van der Waals surface area contributed by atoms with Gasteiger partial charge in [0.1, 0.15) is 6.17 Å². The second-order valence-corrected chi connectivity index (χ2v) is 3.04. The van der Waals surface area contributed by atoms with Gasteiger partial charge in [-0.1, -0.05) is 40.0 Å². The van der Waals surface area contributed by atoms with Crippen LogP contribution < -0.4 is 0 Å². The standard InChI is InChI=1S/C9H19F/c1-4-6-7-9(10)8(3)5-2/h8-9H,4-7H2,1-3H3. The number of rotatable bonds is 5. The van der Waals surface area contributed by atoms with Gasteiger partial charge in [-0.2, -0.15) is 0 Å². The van der Waals surface area contributed by atoms with Gasteiger partial charge in [0.25, 0.3) is 0 Å². The summed E-state index contributed by atoms with van der Waals surface area (Å²) in [7, 11) is 0. The summed E-state index contributed by atoms with van der Waals surface area (Å²) < 4.78 is 13.0. The molecular weight excluding hydrogens is 127 g/mol. The number of alkyl halides is 1. The van der Waals surface area contributed by atoms with Crippen LogP contribution in [-0.4, -0.2) is 6.17 Å². The van der Waals surface area contributed by atoms with E-state index >= 15 is 0 Å². The first-order chi connectivity index (χ1) is 4.72. The molecule has 0 aromatic heterocycles. The van der Waals surface area contributed by atoms with Gasteiger partial charge >= 0.3 is 0 Å². The summed E-state index contributed by atoms with van der Waals surface area (Å²) in [6, 6.07) is 0. The largest absolute Gasteiger partial charge is 0.247 e. The zero-order valence-electron chi connectivity index (χ0n) is 7.36. The highest BCUT2D eigenvalue weighted by Gasteiger charge is 2.12. The van der Waals surface area contributed by atoms with Crippen LogP contribution in [0.25, 0.3) is 0 Å². The monoisotopic (exact) mass is 146 g/mol. The van der Waals surface area contributed by atoms with Gasteiger partial charge < -0.3 is 0 Å². The van der Waals surface area contributed by atoms with Crippen LogP contribution in [0.1, 0.15) is 46.5 Å². The second kappa shape index (κ2) is 5.70. The van der Waals surface area contributed by atoms with Crippen LogP contribution in [0.2, 0.25) is 0 Å². The van der Waals surface area contributed by atoms with Crippen molar-refractivity contribution in [3.63, 3.8) is 0 Å². The summed E-state index contributed by atoms with van der Waals surface area (Å²) in [4.78, 5) is 0. The van der Waals surface area contributed by atoms with Crippen molar-refractivity contribution in [2.24, 2.45) is 5.92 Å². The molecular formula is C9H19F. The summed E-state index contributed by atoms with van der Waals surface area (Å²) in [5.74, 6) is 0.256. The maximum Gasteiger partial charge on any atom is 0.103 e. The summed E-state index contributed by atoms with van der Waals surface area (Å²) in [6.07, 6.45) is 3.30. The van der Waals surface area contributed by atoms with Crippen LogP contribution in [0.5, 0.6) is 0 Å². The first kappa shape index (κ1) is 9.93. The predicted octanol–water partition coefficient (Wildman–Crippen LogP) is 3.56. The molecule has 1 heteroatoms. The van der Waals surface area contributed by atoms with Crippen molar-refractivity contribution in [3.8, 4) is 0 Å². The Morgan fingerprint density at radius 2 is 1.90 bits per heavy atom. The SMILES string of the molecule is CCCCC(F)C(C)CC. The maximum absolute atomic E-state index is 13.0. The van der Waals surface area contributed by atoms with Crippen LogP contribution >= 0.6 is 0 Å². The average Bonchev–Trinajstić information content (AvgIpc) is 1.98. The molecule has 2 atom stereocenters. The van der Waals surface area contributed by atoms with E-state index in [0.29, 0.717) is 0 Å². The number of unbranched alkanes of at least 4 members (excludes halogenated alkanes) is 1. The van der Waals surface area contributed by atoms with Gasteiger partial charge in [-0.15, -0.1) is 0 Å².